The number of anilines is 1. The van der Waals surface area contributed by atoms with Gasteiger partial charge in [0.1, 0.15) is 16.5 Å². The number of nitrogens with one attached hydrogen (secondary N) is 1. The van der Waals surface area contributed by atoms with Gasteiger partial charge in [-0.2, -0.15) is 0 Å². The zero-order chi connectivity index (χ0) is 15.0. The molecule has 0 unspecified atom stereocenters. The molecule has 0 atom stereocenters. The molecular weight excluding hydrogens is 278 g/mol. The Balaban J connectivity index is 2.10. The van der Waals surface area contributed by atoms with Gasteiger partial charge in [0.2, 0.25) is 0 Å². The number of aromatic nitrogens is 2. The van der Waals surface area contributed by atoms with Crippen molar-refractivity contribution >= 4 is 27.4 Å². The lowest BCUT2D eigenvalue weighted by molar-refractivity contribution is 0.988. The topological polar surface area (TPSA) is 37.8 Å². The van der Waals surface area contributed by atoms with Crippen LogP contribution in [-0.2, 0) is 6.42 Å². The first-order valence-electron chi connectivity index (χ1n) is 7.09. The number of aryl methyl sites for hydroxylation is 3. The van der Waals surface area contributed by atoms with Crippen molar-refractivity contribution in [2.24, 2.45) is 0 Å². The van der Waals surface area contributed by atoms with Gasteiger partial charge in [-0.15, -0.1) is 11.3 Å². The zero-order valence-corrected chi connectivity index (χ0v) is 13.6. The third-order valence-electron chi connectivity index (χ3n) is 3.92. The first-order chi connectivity index (χ1) is 10.1. The summed E-state index contributed by atoms with van der Waals surface area (Å²) in [6.45, 7) is 6.41. The van der Waals surface area contributed by atoms with E-state index in [0.29, 0.717) is 0 Å². The Kier molecular flexibility index (Phi) is 3.64. The van der Waals surface area contributed by atoms with Gasteiger partial charge in [0.15, 0.2) is 0 Å². The van der Waals surface area contributed by atoms with Crippen LogP contribution < -0.4 is 5.32 Å². The van der Waals surface area contributed by atoms with Gasteiger partial charge in [-0.05, 0) is 37.5 Å². The lowest BCUT2D eigenvalue weighted by atomic mass is 10.1. The monoisotopic (exact) mass is 297 g/mol. The molecule has 4 heteroatoms. The Labute approximate surface area is 129 Å². The van der Waals surface area contributed by atoms with E-state index in [4.69, 9.17) is 9.97 Å². The Morgan fingerprint density at radius 1 is 1.10 bits per heavy atom. The zero-order valence-electron chi connectivity index (χ0n) is 12.8. The maximum Gasteiger partial charge on any atom is 0.138 e. The largest absolute Gasteiger partial charge is 0.372 e. The van der Waals surface area contributed by atoms with Crippen molar-refractivity contribution < 1.29 is 0 Å². The first kappa shape index (κ1) is 14.0. The molecule has 3 aromatic rings. The molecule has 0 amide bonds. The Bertz CT molecular complexity index is 805. The number of rotatable bonds is 3. The number of nitrogens with zero attached hydrogens (tertiary/aromatic N) is 2. The van der Waals surface area contributed by atoms with Crippen LogP contribution in [0.5, 0.6) is 0 Å². The third-order valence-corrected chi connectivity index (χ3v) is 5.02. The molecule has 0 aliphatic heterocycles. The fraction of sp³-hybridized carbons (Fsp3) is 0.294. The lowest BCUT2D eigenvalue weighted by Crippen LogP contribution is -2.02. The molecule has 0 radical (unpaired) electrons. The molecule has 0 fully saturated rings. The van der Waals surface area contributed by atoms with Crippen molar-refractivity contribution in [3.05, 3.63) is 51.7 Å². The summed E-state index contributed by atoms with van der Waals surface area (Å²) in [4.78, 5) is 11.9. The van der Waals surface area contributed by atoms with E-state index in [9.17, 15) is 0 Å². The van der Waals surface area contributed by atoms with Gasteiger partial charge in [0.05, 0.1) is 5.39 Å². The highest BCUT2D eigenvalue weighted by molar-refractivity contribution is 7.18. The third kappa shape index (κ3) is 2.51. The summed E-state index contributed by atoms with van der Waals surface area (Å²) >= 11 is 1.75. The van der Waals surface area contributed by atoms with Crippen molar-refractivity contribution in [2.75, 3.05) is 12.4 Å². The second-order valence-electron chi connectivity index (χ2n) is 5.31. The molecule has 21 heavy (non-hydrogen) atoms. The molecule has 3 nitrogen and oxygen atoms in total. The van der Waals surface area contributed by atoms with Crippen molar-refractivity contribution in [3.8, 4) is 0 Å². The number of hydrogen-bond donors (Lipinski definition) is 1. The second-order valence-corrected chi connectivity index (χ2v) is 6.51. The minimum Gasteiger partial charge on any atom is -0.372 e. The maximum absolute atomic E-state index is 4.77. The predicted octanol–water partition coefficient (Wildman–Crippen LogP) is 4.25. The minimum absolute atomic E-state index is 0.771. The molecule has 0 saturated carbocycles. The summed E-state index contributed by atoms with van der Waals surface area (Å²) < 4.78 is 0. The number of thiophene rings is 1. The van der Waals surface area contributed by atoms with Gasteiger partial charge in [-0.25, -0.2) is 9.97 Å². The minimum atomic E-state index is 0.771. The molecule has 2 aromatic heterocycles. The van der Waals surface area contributed by atoms with Crippen molar-refractivity contribution in [1.29, 1.82) is 0 Å². The normalized spacial score (nSPS) is 11.0. The molecule has 0 saturated heterocycles. The van der Waals surface area contributed by atoms with E-state index in [0.717, 1.165) is 28.3 Å². The summed E-state index contributed by atoms with van der Waals surface area (Å²) in [5.41, 5.74) is 3.84. The maximum atomic E-state index is 4.77. The van der Waals surface area contributed by atoms with E-state index >= 15 is 0 Å². The average molecular weight is 297 g/mol. The molecule has 1 aromatic carbocycles. The van der Waals surface area contributed by atoms with Crippen molar-refractivity contribution in [1.82, 2.24) is 9.97 Å². The Morgan fingerprint density at radius 3 is 2.57 bits per heavy atom. The lowest BCUT2D eigenvalue weighted by Gasteiger charge is -2.08. The summed E-state index contributed by atoms with van der Waals surface area (Å²) in [7, 11) is 1.92. The van der Waals surface area contributed by atoms with Crippen LogP contribution in [0.2, 0.25) is 0 Å². The van der Waals surface area contributed by atoms with Gasteiger partial charge >= 0.3 is 0 Å². The van der Waals surface area contributed by atoms with Gasteiger partial charge in [0, 0.05) is 18.3 Å². The van der Waals surface area contributed by atoms with E-state index in [2.05, 4.69) is 50.4 Å². The van der Waals surface area contributed by atoms with Crippen LogP contribution in [0, 0.1) is 20.8 Å². The summed E-state index contributed by atoms with van der Waals surface area (Å²) in [6, 6.07) is 8.41. The number of fused-ring (bicyclic) bond motifs is 1. The fourth-order valence-corrected chi connectivity index (χ4v) is 3.58. The van der Waals surface area contributed by atoms with Crippen LogP contribution in [-0.4, -0.2) is 17.0 Å². The average Bonchev–Trinajstić information content (AvgIpc) is 2.76. The van der Waals surface area contributed by atoms with Crippen molar-refractivity contribution in [2.45, 2.75) is 27.2 Å². The molecule has 2 heterocycles. The highest BCUT2D eigenvalue weighted by atomic mass is 32.1. The van der Waals surface area contributed by atoms with Gasteiger partial charge in [-0.1, -0.05) is 24.3 Å². The highest BCUT2D eigenvalue weighted by Crippen LogP contribution is 2.33. The van der Waals surface area contributed by atoms with Crippen LogP contribution in [0.25, 0.3) is 10.2 Å². The quantitative estimate of drug-likeness (QED) is 0.785. The number of hydrogen-bond acceptors (Lipinski definition) is 4. The first-order valence-corrected chi connectivity index (χ1v) is 7.90. The summed E-state index contributed by atoms with van der Waals surface area (Å²) in [6.07, 6.45) is 0.771. The Morgan fingerprint density at radius 2 is 1.86 bits per heavy atom. The van der Waals surface area contributed by atoms with E-state index in [-0.39, 0.29) is 0 Å². The molecule has 3 rings (SSSR count). The van der Waals surface area contributed by atoms with Crippen LogP contribution >= 0.6 is 11.3 Å². The highest BCUT2D eigenvalue weighted by Gasteiger charge is 2.14. The molecule has 0 spiro atoms. The van der Waals surface area contributed by atoms with Crippen LogP contribution in [0.3, 0.4) is 0 Å². The fourth-order valence-electron chi connectivity index (χ4n) is 2.53. The van der Waals surface area contributed by atoms with Crippen LogP contribution in [0.15, 0.2) is 24.3 Å². The van der Waals surface area contributed by atoms with E-state index in [1.54, 1.807) is 11.3 Å². The second kappa shape index (κ2) is 5.45. The SMILES string of the molecule is CNc1nc(Cc2ccccc2C)nc2sc(C)c(C)c12. The van der Waals surface area contributed by atoms with Gasteiger partial charge < -0.3 is 5.32 Å². The van der Waals surface area contributed by atoms with Crippen LogP contribution in [0.1, 0.15) is 27.4 Å². The van der Waals surface area contributed by atoms with Crippen molar-refractivity contribution in [3.63, 3.8) is 0 Å². The molecule has 0 aliphatic carbocycles. The van der Waals surface area contributed by atoms with Gasteiger partial charge in [0.25, 0.3) is 0 Å². The predicted molar refractivity (Wildman–Crippen MR) is 90.4 cm³/mol. The molecule has 1 N–H and O–H groups in total. The number of benzene rings is 1. The van der Waals surface area contributed by atoms with Gasteiger partial charge in [-0.3, -0.25) is 0 Å². The molecule has 0 aliphatic rings. The summed E-state index contributed by atoms with van der Waals surface area (Å²) in [5, 5.41) is 4.38. The smallest absolute Gasteiger partial charge is 0.138 e. The molecule has 108 valence electrons. The molecule has 0 bridgehead atoms. The van der Waals surface area contributed by atoms with E-state index in [1.807, 2.05) is 7.05 Å². The standard InChI is InChI=1S/C17H19N3S/c1-10-7-5-6-8-13(10)9-14-19-16(18-4)15-11(2)12(3)21-17(15)20-14/h5-8H,9H2,1-4H3,(H,18,19,20). The van der Waals surface area contributed by atoms with Crippen LogP contribution in [0.4, 0.5) is 5.82 Å². The summed E-state index contributed by atoms with van der Waals surface area (Å²) in [5.74, 6) is 1.81. The molecular formula is C17H19N3S. The Hall–Kier alpha value is -1.94. The van der Waals surface area contributed by atoms with E-state index in [1.165, 1.54) is 21.6 Å². The van der Waals surface area contributed by atoms with E-state index < -0.39 is 0 Å².